The Bertz CT molecular complexity index is 657. The molecule has 0 bridgehead atoms. The molecule has 2 saturated heterocycles. The third-order valence-electron chi connectivity index (χ3n) is 5.22. The summed E-state index contributed by atoms with van der Waals surface area (Å²) >= 11 is 1.87. The van der Waals surface area contributed by atoms with Crippen molar-refractivity contribution >= 4 is 21.8 Å². The van der Waals surface area contributed by atoms with Crippen LogP contribution in [0.5, 0.6) is 5.75 Å². The third-order valence-corrected chi connectivity index (χ3v) is 7.83. The third kappa shape index (κ3) is 5.62. The van der Waals surface area contributed by atoms with Gasteiger partial charge in [-0.1, -0.05) is 12.1 Å². The molecule has 0 aromatic heterocycles. The molecule has 146 valence electrons. The molecule has 1 N–H and O–H groups in total. The number of thioether (sulfide) groups is 1. The predicted molar refractivity (Wildman–Crippen MR) is 107 cm³/mol. The maximum atomic E-state index is 11.9. The summed E-state index contributed by atoms with van der Waals surface area (Å²) in [6.45, 7) is 3.90. The summed E-state index contributed by atoms with van der Waals surface area (Å²) in [7, 11) is -3.18. The molecule has 0 amide bonds. The largest absolute Gasteiger partial charge is 0.493 e. The topological polar surface area (TPSA) is 64.6 Å². The lowest BCUT2D eigenvalue weighted by Crippen LogP contribution is -2.46. The molecule has 0 unspecified atom stereocenters. The van der Waals surface area contributed by atoms with Gasteiger partial charge < -0.3 is 9.47 Å². The molecule has 7 heteroatoms. The van der Waals surface area contributed by atoms with E-state index in [4.69, 9.17) is 9.47 Å². The van der Waals surface area contributed by atoms with E-state index in [1.54, 1.807) is 6.92 Å². The number of ether oxygens (including phenoxy) is 2. The summed E-state index contributed by atoms with van der Waals surface area (Å²) in [6.07, 6.45) is 3.03. The lowest BCUT2D eigenvalue weighted by molar-refractivity contribution is 0.0853. The van der Waals surface area contributed by atoms with Crippen LogP contribution in [0.15, 0.2) is 24.3 Å². The Morgan fingerprint density at radius 1 is 1.19 bits per heavy atom. The summed E-state index contributed by atoms with van der Waals surface area (Å²) in [5.41, 5.74) is 1.35. The number of nitrogens with one attached hydrogen (secondary N) is 1. The van der Waals surface area contributed by atoms with Crippen molar-refractivity contribution in [2.24, 2.45) is 5.92 Å². The van der Waals surface area contributed by atoms with Crippen molar-refractivity contribution in [1.82, 2.24) is 4.72 Å². The fourth-order valence-electron chi connectivity index (χ4n) is 3.50. The smallest absolute Gasteiger partial charge is 0.211 e. The van der Waals surface area contributed by atoms with Gasteiger partial charge in [0.25, 0.3) is 0 Å². The Hall–Kier alpha value is -0.760. The monoisotopic (exact) mass is 399 g/mol. The van der Waals surface area contributed by atoms with Gasteiger partial charge in [0.2, 0.25) is 10.0 Å². The highest BCUT2D eigenvalue weighted by molar-refractivity contribution is 7.99. The first kappa shape index (κ1) is 20.0. The molecule has 2 aliphatic heterocycles. The van der Waals surface area contributed by atoms with Crippen LogP contribution >= 0.6 is 11.8 Å². The average Bonchev–Trinajstić information content (AvgIpc) is 2.68. The van der Waals surface area contributed by atoms with Crippen LogP contribution in [0, 0.1) is 5.92 Å². The average molecular weight is 400 g/mol. The zero-order valence-corrected chi connectivity index (χ0v) is 17.0. The minimum Gasteiger partial charge on any atom is -0.493 e. The molecule has 1 aromatic rings. The van der Waals surface area contributed by atoms with Crippen molar-refractivity contribution in [1.29, 1.82) is 0 Å². The molecular weight excluding hydrogens is 370 g/mol. The highest BCUT2D eigenvalue weighted by atomic mass is 32.2. The van der Waals surface area contributed by atoms with E-state index in [0.29, 0.717) is 12.5 Å². The number of rotatable bonds is 7. The van der Waals surface area contributed by atoms with E-state index in [-0.39, 0.29) is 17.7 Å². The normalized spacial score (nSPS) is 25.1. The quantitative estimate of drug-likeness (QED) is 0.763. The molecular formula is C19H29NO4S2. The minimum atomic E-state index is -3.18. The Labute approximate surface area is 161 Å². The number of sulfonamides is 1. The van der Waals surface area contributed by atoms with Gasteiger partial charge in [0.05, 0.1) is 12.4 Å². The molecule has 2 atom stereocenters. The van der Waals surface area contributed by atoms with Gasteiger partial charge in [0, 0.05) is 30.9 Å². The van der Waals surface area contributed by atoms with Crippen LogP contribution in [0.25, 0.3) is 0 Å². The van der Waals surface area contributed by atoms with E-state index in [2.05, 4.69) is 16.9 Å². The maximum absolute atomic E-state index is 11.9. The standard InChI is InChI=1S/C19H29NO4S2/c1-2-26(21,22)20-19-9-12-25-14-17(19)13-24-18-5-3-15(4-6-18)16-7-10-23-11-8-16/h3-6,16-17,19-20H,2,7-14H2,1H3/t17-,19-/m0/s1. The first-order chi connectivity index (χ1) is 12.6. The molecule has 2 aliphatic rings. The summed E-state index contributed by atoms with van der Waals surface area (Å²) in [6, 6.07) is 8.34. The first-order valence-corrected chi connectivity index (χ1v) is 12.3. The van der Waals surface area contributed by atoms with Crippen molar-refractivity contribution in [2.75, 3.05) is 37.1 Å². The Morgan fingerprint density at radius 3 is 2.62 bits per heavy atom. The van der Waals surface area contributed by atoms with E-state index < -0.39 is 10.0 Å². The summed E-state index contributed by atoms with van der Waals surface area (Å²) in [5.74, 6) is 3.68. The Kier molecular flexibility index (Phi) is 7.26. The van der Waals surface area contributed by atoms with E-state index in [0.717, 1.165) is 49.7 Å². The van der Waals surface area contributed by atoms with Crippen LogP contribution < -0.4 is 9.46 Å². The van der Waals surface area contributed by atoms with Crippen molar-refractivity contribution < 1.29 is 17.9 Å². The minimum absolute atomic E-state index is 0.0253. The molecule has 0 saturated carbocycles. The van der Waals surface area contributed by atoms with E-state index in [9.17, 15) is 8.42 Å². The van der Waals surface area contributed by atoms with Crippen molar-refractivity contribution in [3.8, 4) is 5.75 Å². The van der Waals surface area contributed by atoms with Gasteiger partial charge >= 0.3 is 0 Å². The zero-order chi connectivity index (χ0) is 18.4. The van der Waals surface area contributed by atoms with Crippen LogP contribution in [-0.4, -0.2) is 51.5 Å². The molecule has 1 aromatic carbocycles. The van der Waals surface area contributed by atoms with Crippen molar-refractivity contribution in [3.05, 3.63) is 29.8 Å². The molecule has 0 spiro atoms. The van der Waals surface area contributed by atoms with Gasteiger partial charge in [0.1, 0.15) is 5.75 Å². The molecule has 0 aliphatic carbocycles. The number of hydrogen-bond acceptors (Lipinski definition) is 5. The molecule has 26 heavy (non-hydrogen) atoms. The number of benzene rings is 1. The van der Waals surface area contributed by atoms with E-state index >= 15 is 0 Å². The lowest BCUT2D eigenvalue weighted by Gasteiger charge is -2.31. The van der Waals surface area contributed by atoms with Gasteiger partial charge in [-0.05, 0) is 55.6 Å². The molecule has 2 heterocycles. The molecule has 0 radical (unpaired) electrons. The molecule has 3 rings (SSSR count). The molecule has 5 nitrogen and oxygen atoms in total. The number of hydrogen-bond donors (Lipinski definition) is 1. The summed E-state index contributed by atoms with van der Waals surface area (Å²) in [4.78, 5) is 0. The Balaban J connectivity index is 1.54. The van der Waals surface area contributed by atoms with Crippen LogP contribution in [0.4, 0.5) is 0 Å². The van der Waals surface area contributed by atoms with Crippen molar-refractivity contribution in [3.63, 3.8) is 0 Å². The van der Waals surface area contributed by atoms with Gasteiger partial charge in [-0.25, -0.2) is 13.1 Å². The van der Waals surface area contributed by atoms with E-state index in [1.807, 2.05) is 23.9 Å². The second-order valence-electron chi connectivity index (χ2n) is 7.02. The van der Waals surface area contributed by atoms with Gasteiger partial charge in [-0.15, -0.1) is 0 Å². The fourth-order valence-corrected chi connectivity index (χ4v) is 5.66. The summed E-state index contributed by atoms with van der Waals surface area (Å²) < 4.78 is 38.1. The summed E-state index contributed by atoms with van der Waals surface area (Å²) in [5, 5.41) is 0. The van der Waals surface area contributed by atoms with Crippen LogP contribution in [0.3, 0.4) is 0 Å². The van der Waals surface area contributed by atoms with Gasteiger partial charge in [0.15, 0.2) is 0 Å². The second-order valence-corrected chi connectivity index (χ2v) is 10.2. The van der Waals surface area contributed by atoms with Gasteiger partial charge in [-0.2, -0.15) is 11.8 Å². The van der Waals surface area contributed by atoms with Crippen molar-refractivity contribution in [2.45, 2.75) is 38.1 Å². The van der Waals surface area contributed by atoms with Gasteiger partial charge in [-0.3, -0.25) is 0 Å². The highest BCUT2D eigenvalue weighted by Gasteiger charge is 2.29. The highest BCUT2D eigenvalue weighted by Crippen LogP contribution is 2.29. The Morgan fingerprint density at radius 2 is 1.92 bits per heavy atom. The first-order valence-electron chi connectivity index (χ1n) is 9.45. The lowest BCUT2D eigenvalue weighted by atomic mass is 9.92. The maximum Gasteiger partial charge on any atom is 0.211 e. The second kappa shape index (κ2) is 9.44. The van der Waals surface area contributed by atoms with E-state index in [1.165, 1.54) is 5.56 Å². The SMILES string of the molecule is CCS(=O)(=O)N[C@H]1CCSC[C@@H]1COc1ccc(C2CCOCC2)cc1. The fraction of sp³-hybridized carbons (Fsp3) is 0.684. The predicted octanol–water partition coefficient (Wildman–Crippen LogP) is 3.02. The zero-order valence-electron chi connectivity index (χ0n) is 15.4. The van der Waals surface area contributed by atoms with Crippen LogP contribution in [0.1, 0.15) is 37.7 Å². The molecule has 2 fully saturated rings. The van der Waals surface area contributed by atoms with Crippen LogP contribution in [0.2, 0.25) is 0 Å². The van der Waals surface area contributed by atoms with Crippen LogP contribution in [-0.2, 0) is 14.8 Å².